The molecule has 0 aromatic carbocycles. The van der Waals surface area contributed by atoms with Crippen LogP contribution in [0, 0.1) is 11.3 Å². The summed E-state index contributed by atoms with van der Waals surface area (Å²) < 4.78 is 0.325. The summed E-state index contributed by atoms with van der Waals surface area (Å²) in [6.45, 7) is 0.878. The predicted octanol–water partition coefficient (Wildman–Crippen LogP) is 2.44. The minimum Gasteiger partial charge on any atom is -0.353 e. The van der Waals surface area contributed by atoms with E-state index in [0.717, 1.165) is 6.54 Å². The van der Waals surface area contributed by atoms with Crippen LogP contribution in [0.2, 0.25) is 0 Å². The summed E-state index contributed by atoms with van der Waals surface area (Å²) in [6, 6.07) is 3.64. The Morgan fingerprint density at radius 3 is 2.94 bits per heavy atom. The van der Waals surface area contributed by atoms with Crippen LogP contribution in [0.3, 0.4) is 0 Å². The van der Waals surface area contributed by atoms with Gasteiger partial charge in [0.05, 0.1) is 0 Å². The lowest BCUT2D eigenvalue weighted by atomic mass is 10.1. The maximum Gasteiger partial charge on any atom is 0.223 e. The van der Waals surface area contributed by atoms with E-state index >= 15 is 0 Å². The van der Waals surface area contributed by atoms with E-state index in [-0.39, 0.29) is 0 Å². The monoisotopic (exact) mass is 248 g/mol. The van der Waals surface area contributed by atoms with Crippen molar-refractivity contribution in [2.24, 2.45) is 0 Å². The number of hydrogen-bond acceptors (Lipinski definition) is 5. The summed E-state index contributed by atoms with van der Waals surface area (Å²) in [5.74, 6) is 0.560. The van der Waals surface area contributed by atoms with Crippen LogP contribution in [0.15, 0.2) is 12.3 Å². The Labute approximate surface area is 106 Å². The van der Waals surface area contributed by atoms with Gasteiger partial charge in [0.1, 0.15) is 11.8 Å². The van der Waals surface area contributed by atoms with Crippen molar-refractivity contribution < 1.29 is 0 Å². The topological polar surface area (TPSA) is 61.6 Å². The normalized spacial score (nSPS) is 17.6. The largest absolute Gasteiger partial charge is 0.353 e. The third-order valence-corrected chi connectivity index (χ3v) is 4.71. The molecule has 0 radical (unpaired) electrons. The number of hydrogen-bond donors (Lipinski definition) is 1. The maximum absolute atomic E-state index is 8.77. The van der Waals surface area contributed by atoms with Crippen molar-refractivity contribution in [3.8, 4) is 6.07 Å². The average molecular weight is 248 g/mol. The van der Waals surface area contributed by atoms with E-state index in [1.165, 1.54) is 25.7 Å². The van der Waals surface area contributed by atoms with Crippen LogP contribution in [-0.2, 0) is 0 Å². The number of nitrogens with zero attached hydrogens (tertiary/aromatic N) is 3. The predicted molar refractivity (Wildman–Crippen MR) is 70.0 cm³/mol. The van der Waals surface area contributed by atoms with Gasteiger partial charge in [0.15, 0.2) is 0 Å². The Hall–Kier alpha value is -1.28. The fraction of sp³-hybridized carbons (Fsp3) is 0.583. The van der Waals surface area contributed by atoms with Crippen molar-refractivity contribution in [2.75, 3.05) is 18.1 Å². The average Bonchev–Trinajstić information content (AvgIpc) is 2.86. The van der Waals surface area contributed by atoms with Gasteiger partial charge in [-0.15, -0.1) is 0 Å². The lowest BCUT2D eigenvalue weighted by molar-refractivity contribution is 0.637. The van der Waals surface area contributed by atoms with Crippen LogP contribution in [0.1, 0.15) is 31.4 Å². The first kappa shape index (κ1) is 12.2. The summed E-state index contributed by atoms with van der Waals surface area (Å²) >= 11 is 1.93. The van der Waals surface area contributed by atoms with Crippen LogP contribution in [0.25, 0.3) is 0 Å². The van der Waals surface area contributed by atoms with E-state index < -0.39 is 0 Å². The highest BCUT2D eigenvalue weighted by Crippen LogP contribution is 2.40. The van der Waals surface area contributed by atoms with E-state index in [1.54, 1.807) is 12.3 Å². The van der Waals surface area contributed by atoms with Gasteiger partial charge in [0.25, 0.3) is 0 Å². The minimum atomic E-state index is 0.325. The number of nitrogens with one attached hydrogen (secondary N) is 1. The Bertz CT molecular complexity index is 421. The SMILES string of the molecule is CSC1(CNc2nccc(C#N)n2)CCCC1. The molecule has 0 aliphatic heterocycles. The fourth-order valence-electron chi connectivity index (χ4n) is 2.22. The number of rotatable bonds is 4. The van der Waals surface area contributed by atoms with Crippen LogP contribution in [-0.4, -0.2) is 27.5 Å². The smallest absolute Gasteiger partial charge is 0.223 e. The highest BCUT2D eigenvalue weighted by atomic mass is 32.2. The zero-order valence-corrected chi connectivity index (χ0v) is 10.8. The molecule has 0 unspecified atom stereocenters. The van der Waals surface area contributed by atoms with Gasteiger partial charge in [-0.3, -0.25) is 0 Å². The Morgan fingerprint density at radius 1 is 1.53 bits per heavy atom. The van der Waals surface area contributed by atoms with Gasteiger partial charge in [-0.1, -0.05) is 12.8 Å². The second-order valence-corrected chi connectivity index (χ2v) is 5.60. The molecule has 0 bridgehead atoms. The van der Waals surface area contributed by atoms with E-state index in [2.05, 4.69) is 21.5 Å². The van der Waals surface area contributed by atoms with Crippen molar-refractivity contribution >= 4 is 17.7 Å². The molecule has 1 aromatic heterocycles. The van der Waals surface area contributed by atoms with Crippen molar-refractivity contribution in [2.45, 2.75) is 30.4 Å². The van der Waals surface area contributed by atoms with Crippen LogP contribution in [0.4, 0.5) is 5.95 Å². The maximum atomic E-state index is 8.77. The van der Waals surface area contributed by atoms with Crippen molar-refractivity contribution in [1.82, 2.24) is 9.97 Å². The van der Waals surface area contributed by atoms with Gasteiger partial charge in [0.2, 0.25) is 5.95 Å². The second-order valence-electron chi connectivity index (χ2n) is 4.33. The standard InChI is InChI=1S/C12H16N4S/c1-17-12(5-2-3-6-12)9-15-11-14-7-4-10(8-13)16-11/h4,7H,2-3,5-6,9H2,1H3,(H,14,15,16). The summed E-state index contributed by atoms with van der Waals surface area (Å²) in [5.41, 5.74) is 0.409. The van der Waals surface area contributed by atoms with Gasteiger partial charge in [0, 0.05) is 17.5 Å². The Kier molecular flexibility index (Phi) is 3.85. The van der Waals surface area contributed by atoms with E-state index in [4.69, 9.17) is 5.26 Å². The van der Waals surface area contributed by atoms with Crippen molar-refractivity contribution in [1.29, 1.82) is 5.26 Å². The van der Waals surface area contributed by atoms with Gasteiger partial charge < -0.3 is 5.32 Å². The first-order valence-corrected chi connectivity index (χ1v) is 7.03. The van der Waals surface area contributed by atoms with Crippen molar-refractivity contribution in [3.05, 3.63) is 18.0 Å². The molecule has 4 nitrogen and oxygen atoms in total. The molecule has 5 heteroatoms. The number of thioether (sulfide) groups is 1. The third-order valence-electron chi connectivity index (χ3n) is 3.29. The number of anilines is 1. The molecule has 0 amide bonds. The van der Waals surface area contributed by atoms with E-state index in [0.29, 0.717) is 16.4 Å². The summed E-state index contributed by atoms with van der Waals surface area (Å²) in [6.07, 6.45) is 8.90. The van der Waals surface area contributed by atoms with Crippen LogP contribution >= 0.6 is 11.8 Å². The van der Waals surface area contributed by atoms with E-state index in [1.807, 2.05) is 17.8 Å². The quantitative estimate of drug-likeness (QED) is 0.886. The lowest BCUT2D eigenvalue weighted by Crippen LogP contribution is -2.30. The molecule has 1 aromatic rings. The summed E-state index contributed by atoms with van der Waals surface area (Å²) in [5, 5.41) is 12.0. The molecule has 1 heterocycles. The lowest BCUT2D eigenvalue weighted by Gasteiger charge is -2.26. The molecule has 1 aliphatic rings. The zero-order valence-electron chi connectivity index (χ0n) is 9.94. The Balaban J connectivity index is 1.99. The first-order valence-electron chi connectivity index (χ1n) is 5.80. The van der Waals surface area contributed by atoms with Crippen LogP contribution in [0.5, 0.6) is 0 Å². The first-order chi connectivity index (χ1) is 8.28. The zero-order chi connectivity index (χ0) is 12.1. The molecule has 1 aliphatic carbocycles. The number of nitriles is 1. The Morgan fingerprint density at radius 2 is 2.29 bits per heavy atom. The van der Waals surface area contributed by atoms with E-state index in [9.17, 15) is 0 Å². The van der Waals surface area contributed by atoms with Crippen molar-refractivity contribution in [3.63, 3.8) is 0 Å². The molecule has 0 atom stereocenters. The summed E-state index contributed by atoms with van der Waals surface area (Å²) in [7, 11) is 0. The molecule has 1 fully saturated rings. The number of aromatic nitrogens is 2. The molecular weight excluding hydrogens is 232 g/mol. The third kappa shape index (κ3) is 2.89. The molecule has 1 saturated carbocycles. The highest BCUT2D eigenvalue weighted by Gasteiger charge is 2.32. The highest BCUT2D eigenvalue weighted by molar-refractivity contribution is 8.00. The molecule has 90 valence electrons. The molecule has 0 saturated heterocycles. The van der Waals surface area contributed by atoms with Crippen LogP contribution < -0.4 is 5.32 Å². The summed E-state index contributed by atoms with van der Waals surface area (Å²) in [4.78, 5) is 8.26. The molecule has 1 N–H and O–H groups in total. The second kappa shape index (κ2) is 5.37. The van der Waals surface area contributed by atoms with Gasteiger partial charge in [-0.2, -0.15) is 17.0 Å². The fourth-order valence-corrected chi connectivity index (χ4v) is 3.13. The molecular formula is C12H16N4S. The molecule has 2 rings (SSSR count). The molecule has 17 heavy (non-hydrogen) atoms. The van der Waals surface area contributed by atoms with Gasteiger partial charge >= 0.3 is 0 Å². The van der Waals surface area contributed by atoms with Gasteiger partial charge in [-0.25, -0.2) is 9.97 Å². The molecule has 0 spiro atoms. The van der Waals surface area contributed by atoms with Gasteiger partial charge in [-0.05, 0) is 25.2 Å². The minimum absolute atomic E-state index is 0.325.